The van der Waals surface area contributed by atoms with E-state index in [4.69, 9.17) is 4.74 Å². The van der Waals surface area contributed by atoms with Crippen molar-refractivity contribution in [2.75, 3.05) is 13.7 Å². The summed E-state index contributed by atoms with van der Waals surface area (Å²) in [5, 5.41) is 0. The first-order valence-corrected chi connectivity index (χ1v) is 4.69. The van der Waals surface area contributed by atoms with Crippen LogP contribution in [0.2, 0.25) is 0 Å². The fraction of sp³-hybridized carbons (Fsp3) is 0.500. The minimum atomic E-state index is -0.388. The molecular weight excluding hydrogens is 182 g/mol. The molecule has 1 aromatic rings. The Morgan fingerprint density at radius 3 is 3.07 bits per heavy atom. The summed E-state index contributed by atoms with van der Waals surface area (Å²) >= 11 is 0. The lowest BCUT2D eigenvalue weighted by Crippen LogP contribution is -2.06. The van der Waals surface area contributed by atoms with Gasteiger partial charge >= 0.3 is 5.97 Å². The van der Waals surface area contributed by atoms with Crippen molar-refractivity contribution in [2.24, 2.45) is 5.92 Å². The lowest BCUT2D eigenvalue weighted by atomic mass is 10.4. The van der Waals surface area contributed by atoms with Gasteiger partial charge in [0.2, 0.25) is 0 Å². The molecule has 0 aliphatic heterocycles. The van der Waals surface area contributed by atoms with Crippen LogP contribution in [0, 0.1) is 5.92 Å². The lowest BCUT2D eigenvalue weighted by molar-refractivity contribution is 0.0590. The summed E-state index contributed by atoms with van der Waals surface area (Å²) in [5.74, 6) is 0.875. The van der Waals surface area contributed by atoms with Crippen LogP contribution in [0.15, 0.2) is 12.3 Å². The zero-order valence-electron chi connectivity index (χ0n) is 8.08. The van der Waals surface area contributed by atoms with E-state index < -0.39 is 0 Å². The topological polar surface area (TPSA) is 51.3 Å². The third-order valence-corrected chi connectivity index (χ3v) is 2.27. The Balaban J connectivity index is 2.00. The second-order valence-electron chi connectivity index (χ2n) is 3.46. The van der Waals surface area contributed by atoms with Crippen molar-refractivity contribution in [1.29, 1.82) is 0 Å². The predicted octanol–water partition coefficient (Wildman–Crippen LogP) is 1.59. The van der Waals surface area contributed by atoms with Crippen molar-refractivity contribution in [2.45, 2.75) is 12.8 Å². The van der Waals surface area contributed by atoms with E-state index in [9.17, 15) is 4.79 Å². The third-order valence-electron chi connectivity index (χ3n) is 2.27. The van der Waals surface area contributed by atoms with Gasteiger partial charge in [0.25, 0.3) is 0 Å². The van der Waals surface area contributed by atoms with Crippen LogP contribution < -0.4 is 4.74 Å². The molecule has 1 saturated carbocycles. The highest BCUT2D eigenvalue weighted by molar-refractivity contribution is 5.90. The van der Waals surface area contributed by atoms with Gasteiger partial charge < -0.3 is 14.5 Å². The fourth-order valence-electron chi connectivity index (χ4n) is 1.23. The second-order valence-corrected chi connectivity index (χ2v) is 3.46. The van der Waals surface area contributed by atoms with Crippen LogP contribution in [0.5, 0.6) is 5.75 Å². The maximum Gasteiger partial charge on any atom is 0.358 e. The average molecular weight is 195 g/mol. The van der Waals surface area contributed by atoms with Crippen LogP contribution >= 0.6 is 0 Å². The van der Waals surface area contributed by atoms with Crippen molar-refractivity contribution in [3.05, 3.63) is 18.0 Å². The summed E-state index contributed by atoms with van der Waals surface area (Å²) in [6.07, 6.45) is 4.14. The number of hydrogen-bond acceptors (Lipinski definition) is 3. The van der Waals surface area contributed by atoms with Gasteiger partial charge in [0, 0.05) is 6.20 Å². The molecule has 1 aliphatic carbocycles. The van der Waals surface area contributed by atoms with Gasteiger partial charge in [0.1, 0.15) is 0 Å². The van der Waals surface area contributed by atoms with Crippen LogP contribution in [-0.4, -0.2) is 24.7 Å². The first-order chi connectivity index (χ1) is 6.81. The molecule has 14 heavy (non-hydrogen) atoms. The van der Waals surface area contributed by atoms with Gasteiger partial charge in [-0.05, 0) is 24.8 Å². The standard InChI is InChI=1S/C10H13NO3/c1-13-10(12)9-8(4-5-11-9)14-6-7-2-3-7/h4-5,7,11H,2-3,6H2,1H3. The number of hydrogen-bond donors (Lipinski definition) is 1. The molecule has 1 fully saturated rings. The quantitative estimate of drug-likeness (QED) is 0.742. The number of carbonyl (C=O) groups excluding carboxylic acids is 1. The van der Waals surface area contributed by atoms with Gasteiger partial charge in [-0.1, -0.05) is 0 Å². The molecule has 0 bridgehead atoms. The summed E-state index contributed by atoms with van der Waals surface area (Å²) in [5.41, 5.74) is 0.396. The summed E-state index contributed by atoms with van der Waals surface area (Å²) in [6, 6.07) is 1.74. The Morgan fingerprint density at radius 2 is 2.43 bits per heavy atom. The van der Waals surface area contributed by atoms with Crippen LogP contribution in [0.25, 0.3) is 0 Å². The number of carbonyl (C=O) groups is 1. The van der Waals surface area contributed by atoms with Crippen molar-refractivity contribution < 1.29 is 14.3 Å². The van der Waals surface area contributed by atoms with Crippen molar-refractivity contribution in [1.82, 2.24) is 4.98 Å². The van der Waals surface area contributed by atoms with Gasteiger partial charge in [0.05, 0.1) is 13.7 Å². The number of ether oxygens (including phenoxy) is 2. The number of esters is 1. The van der Waals surface area contributed by atoms with Crippen molar-refractivity contribution >= 4 is 5.97 Å². The summed E-state index contributed by atoms with van der Waals surface area (Å²) < 4.78 is 10.1. The molecule has 4 nitrogen and oxygen atoms in total. The normalized spacial score (nSPS) is 15.2. The van der Waals surface area contributed by atoms with E-state index in [1.807, 2.05) is 0 Å². The number of nitrogens with one attached hydrogen (secondary N) is 1. The Bertz CT molecular complexity index is 328. The average Bonchev–Trinajstić information content (AvgIpc) is 2.92. The maximum absolute atomic E-state index is 11.2. The molecule has 2 rings (SSSR count). The van der Waals surface area contributed by atoms with E-state index in [1.165, 1.54) is 20.0 Å². The molecule has 0 atom stereocenters. The second kappa shape index (κ2) is 3.74. The van der Waals surface area contributed by atoms with E-state index >= 15 is 0 Å². The van der Waals surface area contributed by atoms with Crippen molar-refractivity contribution in [3.63, 3.8) is 0 Å². The summed E-state index contributed by atoms with van der Waals surface area (Å²) in [4.78, 5) is 14.0. The molecule has 0 aromatic carbocycles. The number of aromatic amines is 1. The van der Waals surface area contributed by atoms with Gasteiger partial charge in [0.15, 0.2) is 11.4 Å². The van der Waals surface area contributed by atoms with Crippen LogP contribution in [0.1, 0.15) is 23.3 Å². The molecule has 0 radical (unpaired) electrons. The van der Waals surface area contributed by atoms with Gasteiger partial charge in [-0.15, -0.1) is 0 Å². The van der Waals surface area contributed by atoms with Crippen molar-refractivity contribution in [3.8, 4) is 5.75 Å². The largest absolute Gasteiger partial charge is 0.491 e. The minimum Gasteiger partial charge on any atom is -0.491 e. The van der Waals surface area contributed by atoms with Crippen LogP contribution in [0.4, 0.5) is 0 Å². The summed E-state index contributed by atoms with van der Waals surface area (Å²) in [6.45, 7) is 0.696. The molecule has 0 spiro atoms. The summed E-state index contributed by atoms with van der Waals surface area (Å²) in [7, 11) is 1.36. The third kappa shape index (κ3) is 1.89. The molecular formula is C10H13NO3. The molecule has 76 valence electrons. The SMILES string of the molecule is COC(=O)c1[nH]ccc1OCC1CC1. The Hall–Kier alpha value is -1.45. The van der Waals surface area contributed by atoms with E-state index in [0.717, 1.165) is 0 Å². The monoisotopic (exact) mass is 195 g/mol. The lowest BCUT2D eigenvalue weighted by Gasteiger charge is -2.04. The molecule has 4 heteroatoms. The molecule has 0 amide bonds. The number of rotatable bonds is 4. The highest BCUT2D eigenvalue weighted by atomic mass is 16.5. The Labute approximate surface area is 82.2 Å². The molecule has 0 saturated heterocycles. The zero-order chi connectivity index (χ0) is 9.97. The first-order valence-electron chi connectivity index (χ1n) is 4.69. The molecule has 1 N–H and O–H groups in total. The Kier molecular flexibility index (Phi) is 2.43. The van der Waals surface area contributed by atoms with Gasteiger partial charge in [-0.2, -0.15) is 0 Å². The Morgan fingerprint density at radius 1 is 1.64 bits per heavy atom. The highest BCUT2D eigenvalue weighted by Crippen LogP contribution is 2.30. The number of aromatic nitrogens is 1. The zero-order valence-corrected chi connectivity index (χ0v) is 8.08. The van der Waals surface area contributed by atoms with E-state index in [0.29, 0.717) is 24.0 Å². The van der Waals surface area contributed by atoms with E-state index in [-0.39, 0.29) is 5.97 Å². The fourth-order valence-corrected chi connectivity index (χ4v) is 1.23. The van der Waals surface area contributed by atoms with Crippen LogP contribution in [0.3, 0.4) is 0 Å². The highest BCUT2D eigenvalue weighted by Gasteiger charge is 2.23. The minimum absolute atomic E-state index is 0.388. The van der Waals surface area contributed by atoms with Gasteiger partial charge in [-0.3, -0.25) is 0 Å². The number of methoxy groups -OCH3 is 1. The van der Waals surface area contributed by atoms with E-state index in [2.05, 4.69) is 9.72 Å². The maximum atomic E-state index is 11.2. The molecule has 1 heterocycles. The predicted molar refractivity (Wildman–Crippen MR) is 50.4 cm³/mol. The smallest absolute Gasteiger partial charge is 0.358 e. The molecule has 1 aromatic heterocycles. The molecule has 0 unspecified atom stereocenters. The van der Waals surface area contributed by atoms with Gasteiger partial charge in [-0.25, -0.2) is 4.79 Å². The van der Waals surface area contributed by atoms with Crippen LogP contribution in [-0.2, 0) is 4.74 Å². The van der Waals surface area contributed by atoms with E-state index in [1.54, 1.807) is 12.3 Å². The molecule has 1 aliphatic rings. The number of H-pyrrole nitrogens is 1. The first kappa shape index (κ1) is 9.12.